The van der Waals surface area contributed by atoms with Gasteiger partial charge in [-0.1, -0.05) is 25.1 Å². The van der Waals surface area contributed by atoms with E-state index in [1.54, 1.807) is 6.92 Å². The molecule has 1 aromatic carbocycles. The van der Waals surface area contributed by atoms with Crippen LogP contribution in [0, 0.1) is 5.92 Å². The van der Waals surface area contributed by atoms with E-state index in [0.717, 1.165) is 13.0 Å². The van der Waals surface area contributed by atoms with Crippen molar-refractivity contribution in [2.45, 2.75) is 19.3 Å². The number of para-hydroxylation sites is 1. The minimum atomic E-state index is -0.702. The Morgan fingerprint density at radius 2 is 2.25 bits per heavy atom. The first-order valence-corrected chi connectivity index (χ1v) is 5.62. The molecule has 2 rings (SSSR count). The molecule has 2 unspecified atom stereocenters. The van der Waals surface area contributed by atoms with Crippen molar-refractivity contribution in [3.8, 4) is 0 Å². The van der Waals surface area contributed by atoms with Crippen LogP contribution in [0.2, 0.25) is 0 Å². The van der Waals surface area contributed by atoms with Gasteiger partial charge in [-0.25, -0.2) is 0 Å². The van der Waals surface area contributed by atoms with Gasteiger partial charge in [-0.3, -0.25) is 4.79 Å². The second-order valence-corrected chi connectivity index (χ2v) is 4.61. The summed E-state index contributed by atoms with van der Waals surface area (Å²) >= 11 is 0. The molecule has 0 amide bonds. The van der Waals surface area contributed by atoms with Gasteiger partial charge in [0.25, 0.3) is 0 Å². The average molecular weight is 219 g/mol. The van der Waals surface area contributed by atoms with Gasteiger partial charge in [0.2, 0.25) is 0 Å². The van der Waals surface area contributed by atoms with Crippen LogP contribution in [0.4, 0.5) is 5.69 Å². The van der Waals surface area contributed by atoms with Crippen molar-refractivity contribution in [3.63, 3.8) is 0 Å². The zero-order valence-electron chi connectivity index (χ0n) is 9.68. The molecule has 2 atom stereocenters. The molecule has 0 aromatic heterocycles. The van der Waals surface area contributed by atoms with E-state index in [0.29, 0.717) is 5.92 Å². The van der Waals surface area contributed by atoms with E-state index >= 15 is 0 Å². The molecule has 0 aliphatic carbocycles. The normalized spacial score (nSPS) is 20.6. The van der Waals surface area contributed by atoms with Crippen LogP contribution in [-0.4, -0.2) is 24.7 Å². The highest BCUT2D eigenvalue weighted by Gasteiger charge is 2.28. The Morgan fingerprint density at radius 1 is 1.56 bits per heavy atom. The average Bonchev–Trinajstić information content (AvgIpc) is 2.57. The van der Waals surface area contributed by atoms with Gasteiger partial charge >= 0.3 is 5.97 Å². The van der Waals surface area contributed by atoms with E-state index in [9.17, 15) is 4.79 Å². The molecule has 0 saturated carbocycles. The molecule has 1 aliphatic rings. The van der Waals surface area contributed by atoms with Gasteiger partial charge in [-0.2, -0.15) is 0 Å². The maximum atomic E-state index is 10.9. The second kappa shape index (κ2) is 4.16. The van der Waals surface area contributed by atoms with Crippen LogP contribution >= 0.6 is 0 Å². The van der Waals surface area contributed by atoms with E-state index < -0.39 is 5.97 Å². The first kappa shape index (κ1) is 11.0. The highest BCUT2D eigenvalue weighted by Crippen LogP contribution is 2.38. The Bertz CT molecular complexity index is 403. The van der Waals surface area contributed by atoms with Crippen LogP contribution in [0.25, 0.3) is 0 Å². The number of nitrogens with zero attached hydrogens (tertiary/aromatic N) is 1. The number of aliphatic carboxylic acids is 1. The minimum absolute atomic E-state index is 0.274. The fourth-order valence-corrected chi connectivity index (χ4v) is 2.44. The SMILES string of the molecule is CC(CC1CN(C)c2ccccc21)C(=O)O. The van der Waals surface area contributed by atoms with Crippen LogP contribution in [0.1, 0.15) is 24.8 Å². The molecular formula is C13H17NO2. The number of carboxylic acid groups (broad SMARTS) is 1. The molecule has 0 bridgehead atoms. The molecule has 1 aliphatic heterocycles. The van der Waals surface area contributed by atoms with Crippen molar-refractivity contribution in [2.24, 2.45) is 5.92 Å². The van der Waals surface area contributed by atoms with Crippen LogP contribution in [0.15, 0.2) is 24.3 Å². The van der Waals surface area contributed by atoms with Crippen LogP contribution in [0.3, 0.4) is 0 Å². The van der Waals surface area contributed by atoms with Crippen molar-refractivity contribution in [2.75, 3.05) is 18.5 Å². The number of carboxylic acids is 1. The molecule has 1 aromatic rings. The lowest BCUT2D eigenvalue weighted by molar-refractivity contribution is -0.141. The molecule has 0 fully saturated rings. The molecule has 3 nitrogen and oxygen atoms in total. The predicted molar refractivity (Wildman–Crippen MR) is 63.9 cm³/mol. The zero-order chi connectivity index (χ0) is 11.7. The monoisotopic (exact) mass is 219 g/mol. The standard InChI is InChI=1S/C13H17NO2/c1-9(13(15)16)7-10-8-14(2)12-6-4-3-5-11(10)12/h3-6,9-10H,7-8H2,1-2H3,(H,15,16). The lowest BCUT2D eigenvalue weighted by Gasteiger charge is -2.14. The Labute approximate surface area is 95.7 Å². The maximum Gasteiger partial charge on any atom is 0.306 e. The largest absolute Gasteiger partial charge is 0.481 e. The van der Waals surface area contributed by atoms with Crippen LogP contribution in [0.5, 0.6) is 0 Å². The van der Waals surface area contributed by atoms with Gasteiger partial charge in [-0.15, -0.1) is 0 Å². The van der Waals surface area contributed by atoms with Gasteiger partial charge < -0.3 is 10.0 Å². The number of likely N-dealkylation sites (N-methyl/N-ethyl adjacent to an activating group) is 1. The molecule has 0 spiro atoms. The summed E-state index contributed by atoms with van der Waals surface area (Å²) in [5.74, 6) is -0.621. The summed E-state index contributed by atoms with van der Waals surface area (Å²) in [7, 11) is 2.06. The van der Waals surface area contributed by atoms with Gasteiger partial charge in [0, 0.05) is 25.2 Å². The molecule has 1 N–H and O–H groups in total. The maximum absolute atomic E-state index is 10.9. The van der Waals surface area contributed by atoms with E-state index in [-0.39, 0.29) is 5.92 Å². The topological polar surface area (TPSA) is 40.5 Å². The van der Waals surface area contributed by atoms with Crippen molar-refractivity contribution >= 4 is 11.7 Å². The molecular weight excluding hydrogens is 202 g/mol. The Balaban J connectivity index is 2.18. The smallest absolute Gasteiger partial charge is 0.306 e. The zero-order valence-corrected chi connectivity index (χ0v) is 9.68. The number of anilines is 1. The van der Waals surface area contributed by atoms with Gasteiger partial charge in [0.05, 0.1) is 5.92 Å². The van der Waals surface area contributed by atoms with Crippen molar-refractivity contribution in [3.05, 3.63) is 29.8 Å². The molecule has 1 heterocycles. The van der Waals surface area contributed by atoms with Gasteiger partial charge in [0.1, 0.15) is 0 Å². The Hall–Kier alpha value is -1.51. The number of rotatable bonds is 3. The third-order valence-electron chi connectivity index (χ3n) is 3.34. The third kappa shape index (κ3) is 1.90. The number of fused-ring (bicyclic) bond motifs is 1. The Kier molecular flexibility index (Phi) is 2.86. The number of hydrogen-bond acceptors (Lipinski definition) is 2. The molecule has 0 saturated heterocycles. The van der Waals surface area contributed by atoms with Crippen LogP contribution in [-0.2, 0) is 4.79 Å². The summed E-state index contributed by atoms with van der Waals surface area (Å²) in [6, 6.07) is 8.26. The quantitative estimate of drug-likeness (QED) is 0.848. The van der Waals surface area contributed by atoms with E-state index in [1.165, 1.54) is 11.3 Å². The highest BCUT2D eigenvalue weighted by atomic mass is 16.4. The first-order chi connectivity index (χ1) is 7.59. The number of carbonyl (C=O) groups is 1. The van der Waals surface area contributed by atoms with E-state index in [2.05, 4.69) is 24.1 Å². The fourth-order valence-electron chi connectivity index (χ4n) is 2.44. The highest BCUT2D eigenvalue weighted by molar-refractivity contribution is 5.70. The summed E-state index contributed by atoms with van der Waals surface area (Å²) in [4.78, 5) is 13.1. The number of hydrogen-bond donors (Lipinski definition) is 1. The lowest BCUT2D eigenvalue weighted by atomic mass is 9.91. The Morgan fingerprint density at radius 3 is 2.94 bits per heavy atom. The minimum Gasteiger partial charge on any atom is -0.481 e. The second-order valence-electron chi connectivity index (χ2n) is 4.61. The number of benzene rings is 1. The third-order valence-corrected chi connectivity index (χ3v) is 3.34. The lowest BCUT2D eigenvalue weighted by Crippen LogP contribution is -2.19. The molecule has 86 valence electrons. The fraction of sp³-hybridized carbons (Fsp3) is 0.462. The molecule has 0 radical (unpaired) electrons. The molecule has 16 heavy (non-hydrogen) atoms. The molecule has 3 heteroatoms. The van der Waals surface area contributed by atoms with Crippen LogP contribution < -0.4 is 4.90 Å². The van der Waals surface area contributed by atoms with Crippen molar-refractivity contribution < 1.29 is 9.90 Å². The predicted octanol–water partition coefficient (Wildman–Crippen LogP) is 2.33. The van der Waals surface area contributed by atoms with Crippen molar-refractivity contribution in [1.82, 2.24) is 0 Å². The van der Waals surface area contributed by atoms with E-state index in [1.807, 2.05) is 12.1 Å². The summed E-state index contributed by atoms with van der Waals surface area (Å²) in [5, 5.41) is 8.94. The first-order valence-electron chi connectivity index (χ1n) is 5.62. The van der Waals surface area contributed by atoms with Gasteiger partial charge in [0.15, 0.2) is 0 Å². The van der Waals surface area contributed by atoms with E-state index in [4.69, 9.17) is 5.11 Å². The summed E-state index contributed by atoms with van der Waals surface area (Å²) in [6.45, 7) is 2.71. The van der Waals surface area contributed by atoms with Crippen molar-refractivity contribution in [1.29, 1.82) is 0 Å². The summed E-state index contributed by atoms with van der Waals surface area (Å²) in [5.41, 5.74) is 2.53. The van der Waals surface area contributed by atoms with Gasteiger partial charge in [-0.05, 0) is 18.1 Å². The summed E-state index contributed by atoms with van der Waals surface area (Å²) in [6.07, 6.45) is 0.719. The summed E-state index contributed by atoms with van der Waals surface area (Å²) < 4.78 is 0.